The van der Waals surface area contributed by atoms with Crippen LogP contribution in [-0.4, -0.2) is 50.3 Å². The molecule has 0 aromatic heterocycles. The second-order valence-electron chi connectivity index (χ2n) is 5.72. The molecule has 104 valence electrons. The first-order valence-corrected chi connectivity index (χ1v) is 6.90. The Bertz CT molecular complexity index is 287. The molecular formula is C14H27N3O. The number of rotatable bonds is 7. The Hall–Kier alpha value is -0.630. The van der Waals surface area contributed by atoms with E-state index in [2.05, 4.69) is 30.1 Å². The monoisotopic (exact) mass is 253 g/mol. The van der Waals surface area contributed by atoms with E-state index in [1.54, 1.807) is 7.11 Å². The molecule has 0 spiro atoms. The van der Waals surface area contributed by atoms with Gasteiger partial charge in [0.1, 0.15) is 5.54 Å². The van der Waals surface area contributed by atoms with Crippen LogP contribution in [0.15, 0.2) is 0 Å². The standard InChI is InChI=1S/C14H27N3O/c1-12(2)10-17(7-8-18-4)13-5-6-14(9-13,11-15)16-3/h12-13,16H,5-10H2,1-4H3. The molecule has 1 N–H and O–H groups in total. The van der Waals surface area contributed by atoms with Crippen molar-refractivity contribution in [2.75, 3.05) is 33.9 Å². The number of nitriles is 1. The summed E-state index contributed by atoms with van der Waals surface area (Å²) < 4.78 is 5.20. The predicted octanol–water partition coefficient (Wildman–Crippen LogP) is 1.63. The van der Waals surface area contributed by atoms with Crippen LogP contribution in [0.1, 0.15) is 33.1 Å². The summed E-state index contributed by atoms with van der Waals surface area (Å²) in [7, 11) is 3.64. The van der Waals surface area contributed by atoms with E-state index >= 15 is 0 Å². The van der Waals surface area contributed by atoms with E-state index in [4.69, 9.17) is 4.74 Å². The molecule has 1 aliphatic carbocycles. The Labute approximate surface area is 111 Å². The molecule has 0 radical (unpaired) electrons. The largest absolute Gasteiger partial charge is 0.383 e. The average molecular weight is 253 g/mol. The summed E-state index contributed by atoms with van der Waals surface area (Å²) in [6.07, 6.45) is 2.98. The van der Waals surface area contributed by atoms with E-state index in [0.717, 1.165) is 39.0 Å². The molecule has 0 aromatic rings. The van der Waals surface area contributed by atoms with E-state index in [0.29, 0.717) is 12.0 Å². The minimum atomic E-state index is -0.313. The molecule has 0 amide bonds. The highest BCUT2D eigenvalue weighted by atomic mass is 16.5. The molecule has 1 fully saturated rings. The van der Waals surface area contributed by atoms with Gasteiger partial charge in [-0.2, -0.15) is 5.26 Å². The Morgan fingerprint density at radius 2 is 2.28 bits per heavy atom. The molecule has 1 rings (SSSR count). The lowest BCUT2D eigenvalue weighted by Crippen LogP contribution is -2.43. The van der Waals surface area contributed by atoms with E-state index < -0.39 is 0 Å². The summed E-state index contributed by atoms with van der Waals surface area (Å²) in [5.74, 6) is 0.647. The zero-order valence-electron chi connectivity index (χ0n) is 12.2. The molecule has 1 aliphatic rings. The van der Waals surface area contributed by atoms with E-state index in [9.17, 15) is 5.26 Å². The number of methoxy groups -OCH3 is 1. The summed E-state index contributed by atoms with van der Waals surface area (Å²) >= 11 is 0. The lowest BCUT2D eigenvalue weighted by molar-refractivity contribution is 0.109. The summed E-state index contributed by atoms with van der Waals surface area (Å²) in [4.78, 5) is 2.49. The third-order valence-corrected chi connectivity index (χ3v) is 3.88. The van der Waals surface area contributed by atoms with Crippen LogP contribution in [0.5, 0.6) is 0 Å². The van der Waals surface area contributed by atoms with Crippen molar-refractivity contribution in [2.24, 2.45) is 5.92 Å². The highest BCUT2D eigenvalue weighted by Gasteiger charge is 2.40. The Kier molecular flexibility index (Phi) is 6.07. The van der Waals surface area contributed by atoms with Crippen LogP contribution in [0.25, 0.3) is 0 Å². The second kappa shape index (κ2) is 7.08. The molecule has 4 heteroatoms. The molecule has 0 heterocycles. The predicted molar refractivity (Wildman–Crippen MR) is 73.3 cm³/mol. The third kappa shape index (κ3) is 3.94. The second-order valence-corrected chi connectivity index (χ2v) is 5.72. The zero-order valence-corrected chi connectivity index (χ0v) is 12.2. The average Bonchev–Trinajstić information content (AvgIpc) is 2.79. The van der Waals surface area contributed by atoms with Gasteiger partial charge in [0, 0.05) is 26.2 Å². The SMILES string of the molecule is CNC1(C#N)CCC(N(CCOC)CC(C)C)C1. The molecule has 0 aromatic carbocycles. The molecule has 4 nitrogen and oxygen atoms in total. The van der Waals surface area contributed by atoms with Gasteiger partial charge in [0.05, 0.1) is 12.7 Å². The summed E-state index contributed by atoms with van der Waals surface area (Å²) in [6.45, 7) is 7.29. The van der Waals surface area contributed by atoms with E-state index in [-0.39, 0.29) is 5.54 Å². The number of hydrogen-bond donors (Lipinski definition) is 1. The fourth-order valence-corrected chi connectivity index (χ4v) is 2.82. The van der Waals surface area contributed by atoms with Gasteiger partial charge in [0.25, 0.3) is 0 Å². The summed E-state index contributed by atoms with van der Waals surface area (Å²) in [5.41, 5.74) is -0.313. The lowest BCUT2D eigenvalue weighted by Gasteiger charge is -2.31. The van der Waals surface area contributed by atoms with Crippen LogP contribution in [0.4, 0.5) is 0 Å². The van der Waals surface area contributed by atoms with Gasteiger partial charge < -0.3 is 10.1 Å². The Balaban J connectivity index is 2.61. The minimum Gasteiger partial charge on any atom is -0.383 e. The molecular weight excluding hydrogens is 226 g/mol. The van der Waals surface area contributed by atoms with Crippen molar-refractivity contribution in [1.29, 1.82) is 5.26 Å². The molecule has 0 saturated heterocycles. The van der Waals surface area contributed by atoms with Crippen LogP contribution < -0.4 is 5.32 Å². The fraction of sp³-hybridized carbons (Fsp3) is 0.929. The third-order valence-electron chi connectivity index (χ3n) is 3.88. The molecule has 0 bridgehead atoms. The number of nitrogens with zero attached hydrogens (tertiary/aromatic N) is 2. The fourth-order valence-electron chi connectivity index (χ4n) is 2.82. The summed E-state index contributed by atoms with van der Waals surface area (Å²) in [5, 5.41) is 12.5. The van der Waals surface area contributed by atoms with Crippen molar-refractivity contribution in [2.45, 2.75) is 44.7 Å². The van der Waals surface area contributed by atoms with E-state index in [1.165, 1.54) is 0 Å². The van der Waals surface area contributed by atoms with Crippen molar-refractivity contribution < 1.29 is 4.74 Å². The van der Waals surface area contributed by atoms with Crippen LogP contribution >= 0.6 is 0 Å². The highest BCUT2D eigenvalue weighted by Crippen LogP contribution is 2.32. The van der Waals surface area contributed by atoms with Crippen molar-refractivity contribution in [3.63, 3.8) is 0 Å². The number of nitrogens with one attached hydrogen (secondary N) is 1. The van der Waals surface area contributed by atoms with Crippen LogP contribution in [0.3, 0.4) is 0 Å². The maximum absolute atomic E-state index is 9.32. The van der Waals surface area contributed by atoms with Crippen molar-refractivity contribution >= 4 is 0 Å². The maximum Gasteiger partial charge on any atom is 0.108 e. The Morgan fingerprint density at radius 1 is 1.56 bits per heavy atom. The van der Waals surface area contributed by atoms with E-state index in [1.807, 2.05) is 7.05 Å². The highest BCUT2D eigenvalue weighted by molar-refractivity contribution is 5.12. The van der Waals surface area contributed by atoms with Crippen LogP contribution in [0.2, 0.25) is 0 Å². The number of hydrogen-bond acceptors (Lipinski definition) is 4. The molecule has 2 unspecified atom stereocenters. The van der Waals surface area contributed by atoms with Crippen molar-refractivity contribution in [3.05, 3.63) is 0 Å². The number of ether oxygens (including phenoxy) is 1. The van der Waals surface area contributed by atoms with Gasteiger partial charge in [0.2, 0.25) is 0 Å². The van der Waals surface area contributed by atoms with Gasteiger partial charge in [-0.15, -0.1) is 0 Å². The first-order valence-electron chi connectivity index (χ1n) is 6.90. The topological polar surface area (TPSA) is 48.3 Å². The normalized spacial score (nSPS) is 27.9. The Morgan fingerprint density at radius 3 is 2.72 bits per heavy atom. The first kappa shape index (κ1) is 15.4. The molecule has 0 aliphatic heterocycles. The smallest absolute Gasteiger partial charge is 0.108 e. The lowest BCUT2D eigenvalue weighted by atomic mass is 9.99. The molecule has 2 atom stereocenters. The zero-order chi connectivity index (χ0) is 13.6. The van der Waals surface area contributed by atoms with Gasteiger partial charge in [-0.3, -0.25) is 4.90 Å². The summed E-state index contributed by atoms with van der Waals surface area (Å²) in [6, 6.07) is 2.96. The van der Waals surface area contributed by atoms with Crippen molar-refractivity contribution in [3.8, 4) is 6.07 Å². The van der Waals surface area contributed by atoms with Crippen LogP contribution in [0, 0.1) is 17.2 Å². The van der Waals surface area contributed by atoms with Gasteiger partial charge in [0.15, 0.2) is 0 Å². The maximum atomic E-state index is 9.32. The van der Waals surface area contributed by atoms with Gasteiger partial charge in [-0.25, -0.2) is 0 Å². The minimum absolute atomic E-state index is 0.313. The quantitative estimate of drug-likeness (QED) is 0.749. The molecule has 1 saturated carbocycles. The van der Waals surface area contributed by atoms with Gasteiger partial charge >= 0.3 is 0 Å². The first-order chi connectivity index (χ1) is 8.56. The molecule has 18 heavy (non-hydrogen) atoms. The van der Waals surface area contributed by atoms with Crippen molar-refractivity contribution in [1.82, 2.24) is 10.2 Å². The van der Waals surface area contributed by atoms with Gasteiger partial charge in [-0.1, -0.05) is 13.8 Å². The van der Waals surface area contributed by atoms with Crippen LogP contribution in [-0.2, 0) is 4.74 Å². The van der Waals surface area contributed by atoms with Gasteiger partial charge in [-0.05, 0) is 32.2 Å².